The number of hydrogen-bond donors (Lipinski definition) is 0. The average molecular weight is 294 g/mol. The second kappa shape index (κ2) is 6.87. The minimum absolute atomic E-state index is 0.328. The van der Waals surface area contributed by atoms with Gasteiger partial charge in [-0.05, 0) is 13.8 Å². The Bertz CT molecular complexity index is 519. The lowest BCUT2D eigenvalue weighted by atomic mass is 10.1. The normalized spacial score (nSPS) is 19.3. The number of morpholine rings is 1. The zero-order valence-electron chi connectivity index (χ0n) is 13.0. The van der Waals surface area contributed by atoms with Gasteiger partial charge in [0.05, 0.1) is 26.5 Å². The third kappa shape index (κ3) is 3.51. The van der Waals surface area contributed by atoms with Gasteiger partial charge in [-0.2, -0.15) is 0 Å². The second-order valence-corrected chi connectivity index (χ2v) is 5.16. The number of ether oxygens (including phenoxy) is 3. The molecule has 2 rings (SSSR count). The van der Waals surface area contributed by atoms with E-state index in [0.717, 1.165) is 29.1 Å². The fourth-order valence-electron chi connectivity index (χ4n) is 2.56. The van der Waals surface area contributed by atoms with Gasteiger partial charge in [-0.25, -0.2) is 4.79 Å². The molecule has 0 bridgehead atoms. The first-order valence-electron chi connectivity index (χ1n) is 6.97. The molecule has 1 aliphatic rings. The van der Waals surface area contributed by atoms with Crippen molar-refractivity contribution in [3.05, 3.63) is 23.0 Å². The van der Waals surface area contributed by atoms with E-state index in [2.05, 4.69) is 9.88 Å². The highest BCUT2D eigenvalue weighted by molar-refractivity contribution is 5.74. The number of hydrogen-bond acceptors (Lipinski definition) is 6. The smallest absolute Gasteiger partial charge is 0.336 e. The van der Waals surface area contributed by atoms with Crippen molar-refractivity contribution in [1.29, 1.82) is 0 Å². The molecule has 2 heterocycles. The molecule has 0 spiro atoms. The molecule has 0 aliphatic carbocycles. The van der Waals surface area contributed by atoms with E-state index in [1.807, 2.05) is 20.0 Å². The quantitative estimate of drug-likeness (QED) is 0.775. The Morgan fingerprint density at radius 2 is 2.24 bits per heavy atom. The Kier molecular flexibility index (Phi) is 5.14. The molecule has 116 valence electrons. The first-order valence-corrected chi connectivity index (χ1v) is 6.97. The van der Waals surface area contributed by atoms with Crippen LogP contribution < -0.4 is 4.74 Å². The summed E-state index contributed by atoms with van der Waals surface area (Å²) in [7, 11) is 3.04. The van der Waals surface area contributed by atoms with E-state index in [4.69, 9.17) is 14.2 Å². The Morgan fingerprint density at radius 1 is 1.48 bits per heavy atom. The lowest BCUT2D eigenvalue weighted by Crippen LogP contribution is -2.46. The summed E-state index contributed by atoms with van der Waals surface area (Å²) >= 11 is 0. The predicted molar refractivity (Wildman–Crippen MR) is 77.3 cm³/mol. The number of pyridine rings is 1. The summed E-state index contributed by atoms with van der Waals surface area (Å²) in [5.41, 5.74) is 3.02. The fourth-order valence-corrected chi connectivity index (χ4v) is 2.56. The van der Waals surface area contributed by atoms with Crippen molar-refractivity contribution in [2.45, 2.75) is 26.5 Å². The molecule has 1 fully saturated rings. The maximum atomic E-state index is 11.6. The third-order valence-corrected chi connectivity index (χ3v) is 3.74. The lowest BCUT2D eigenvalue weighted by Gasteiger charge is -2.31. The van der Waals surface area contributed by atoms with Crippen molar-refractivity contribution in [2.24, 2.45) is 0 Å². The second-order valence-electron chi connectivity index (χ2n) is 5.16. The summed E-state index contributed by atoms with van der Waals surface area (Å²) in [6, 6.07) is 0. The summed E-state index contributed by atoms with van der Waals surface area (Å²) in [5.74, 6) is 0.545. The number of esters is 1. The van der Waals surface area contributed by atoms with E-state index in [-0.39, 0.29) is 5.97 Å². The molecule has 1 saturated heterocycles. The summed E-state index contributed by atoms with van der Waals surface area (Å²) in [5, 5.41) is 0. The zero-order valence-corrected chi connectivity index (χ0v) is 13.0. The Labute approximate surface area is 125 Å². The van der Waals surface area contributed by atoms with Crippen LogP contribution in [0.4, 0.5) is 0 Å². The SMILES string of the molecule is COC(=O)C1CN(Cc2ncc(C)c(OC)c2C)CCO1. The number of methoxy groups -OCH3 is 2. The molecule has 6 heteroatoms. The van der Waals surface area contributed by atoms with Crippen LogP contribution in [0.15, 0.2) is 6.20 Å². The molecule has 0 N–H and O–H groups in total. The Morgan fingerprint density at radius 3 is 2.90 bits per heavy atom. The number of aromatic nitrogens is 1. The first kappa shape index (κ1) is 15.7. The third-order valence-electron chi connectivity index (χ3n) is 3.74. The van der Waals surface area contributed by atoms with Gasteiger partial charge < -0.3 is 14.2 Å². The van der Waals surface area contributed by atoms with Crippen molar-refractivity contribution in [2.75, 3.05) is 33.9 Å². The van der Waals surface area contributed by atoms with E-state index >= 15 is 0 Å². The Balaban J connectivity index is 2.09. The van der Waals surface area contributed by atoms with E-state index in [1.54, 1.807) is 7.11 Å². The summed E-state index contributed by atoms with van der Waals surface area (Å²) in [6.07, 6.45) is 1.30. The lowest BCUT2D eigenvalue weighted by molar-refractivity contribution is -0.160. The van der Waals surface area contributed by atoms with Crippen LogP contribution in [0.25, 0.3) is 0 Å². The summed E-state index contributed by atoms with van der Waals surface area (Å²) in [4.78, 5) is 18.2. The first-order chi connectivity index (χ1) is 10.1. The molecule has 1 aromatic heterocycles. The van der Waals surface area contributed by atoms with Crippen molar-refractivity contribution >= 4 is 5.97 Å². The molecule has 0 saturated carbocycles. The van der Waals surface area contributed by atoms with Gasteiger partial charge in [0.2, 0.25) is 0 Å². The Hall–Kier alpha value is -1.66. The van der Waals surface area contributed by atoms with Gasteiger partial charge in [0.25, 0.3) is 0 Å². The number of aryl methyl sites for hydroxylation is 1. The largest absolute Gasteiger partial charge is 0.496 e. The van der Waals surface area contributed by atoms with Crippen LogP contribution >= 0.6 is 0 Å². The van der Waals surface area contributed by atoms with E-state index in [0.29, 0.717) is 19.7 Å². The number of nitrogens with zero attached hydrogens (tertiary/aromatic N) is 2. The van der Waals surface area contributed by atoms with Crippen molar-refractivity contribution < 1.29 is 19.0 Å². The van der Waals surface area contributed by atoms with Gasteiger partial charge in [-0.3, -0.25) is 9.88 Å². The summed E-state index contributed by atoms with van der Waals surface area (Å²) in [6.45, 7) is 6.45. The maximum absolute atomic E-state index is 11.6. The highest BCUT2D eigenvalue weighted by atomic mass is 16.6. The van der Waals surface area contributed by atoms with Crippen LogP contribution in [0.2, 0.25) is 0 Å². The molecule has 6 nitrogen and oxygen atoms in total. The van der Waals surface area contributed by atoms with Crippen LogP contribution in [0, 0.1) is 13.8 Å². The van der Waals surface area contributed by atoms with E-state index < -0.39 is 6.10 Å². The molecule has 21 heavy (non-hydrogen) atoms. The van der Waals surface area contributed by atoms with Gasteiger partial charge in [0.1, 0.15) is 5.75 Å². The van der Waals surface area contributed by atoms with Crippen molar-refractivity contribution in [3.8, 4) is 5.75 Å². The molecule has 1 unspecified atom stereocenters. The van der Waals surface area contributed by atoms with Crippen LogP contribution in [-0.2, 0) is 20.8 Å². The number of carbonyl (C=O) groups is 1. The zero-order chi connectivity index (χ0) is 15.4. The highest BCUT2D eigenvalue weighted by Gasteiger charge is 2.28. The minimum atomic E-state index is -0.517. The molecule has 0 aromatic carbocycles. The summed E-state index contributed by atoms with van der Waals surface area (Å²) < 4.78 is 15.6. The molecule has 1 aliphatic heterocycles. The highest BCUT2D eigenvalue weighted by Crippen LogP contribution is 2.25. The molecule has 0 radical (unpaired) electrons. The molecule has 0 amide bonds. The predicted octanol–water partition coefficient (Wildman–Crippen LogP) is 1.08. The van der Waals surface area contributed by atoms with Crippen LogP contribution in [0.1, 0.15) is 16.8 Å². The van der Waals surface area contributed by atoms with Crippen LogP contribution in [-0.4, -0.2) is 55.9 Å². The molecular weight excluding hydrogens is 272 g/mol. The standard InChI is InChI=1S/C15H22N2O4/c1-10-7-16-12(11(2)14(10)19-3)8-17-5-6-21-13(9-17)15(18)20-4/h7,13H,5-6,8-9H2,1-4H3. The topological polar surface area (TPSA) is 60.9 Å². The number of carbonyl (C=O) groups excluding carboxylic acids is 1. The van der Waals surface area contributed by atoms with Gasteiger partial charge in [0.15, 0.2) is 6.10 Å². The minimum Gasteiger partial charge on any atom is -0.496 e. The molecular formula is C15H22N2O4. The van der Waals surface area contributed by atoms with Crippen LogP contribution in [0.5, 0.6) is 5.75 Å². The fraction of sp³-hybridized carbons (Fsp3) is 0.600. The van der Waals surface area contributed by atoms with E-state index in [1.165, 1.54) is 7.11 Å². The van der Waals surface area contributed by atoms with E-state index in [9.17, 15) is 4.79 Å². The number of rotatable bonds is 4. The van der Waals surface area contributed by atoms with Gasteiger partial charge >= 0.3 is 5.97 Å². The monoisotopic (exact) mass is 294 g/mol. The van der Waals surface area contributed by atoms with Gasteiger partial charge in [-0.15, -0.1) is 0 Å². The van der Waals surface area contributed by atoms with Crippen molar-refractivity contribution in [1.82, 2.24) is 9.88 Å². The van der Waals surface area contributed by atoms with Gasteiger partial charge in [0, 0.05) is 37.0 Å². The van der Waals surface area contributed by atoms with Crippen LogP contribution in [0.3, 0.4) is 0 Å². The molecule has 1 aromatic rings. The average Bonchev–Trinajstić information content (AvgIpc) is 2.50. The van der Waals surface area contributed by atoms with Crippen molar-refractivity contribution in [3.63, 3.8) is 0 Å². The maximum Gasteiger partial charge on any atom is 0.336 e. The van der Waals surface area contributed by atoms with Gasteiger partial charge in [-0.1, -0.05) is 0 Å². The molecule has 1 atom stereocenters.